The molecule has 0 aromatic heterocycles. The number of hydrogen-bond acceptors (Lipinski definition) is 11. The quantitative estimate of drug-likeness (QED) is 0.300. The monoisotopic (exact) mass is 551 g/mol. The molecule has 1 N–H and O–H groups in total. The smallest absolute Gasteiger partial charge is 0.306 e. The van der Waals surface area contributed by atoms with Crippen LogP contribution >= 0.6 is 0 Å². The Labute approximate surface area is 227 Å². The number of carbonyl (C=O) groups excluding carboxylic acids is 5. The molecule has 2 rings (SSSR count). The molecule has 1 saturated heterocycles. The van der Waals surface area contributed by atoms with E-state index in [2.05, 4.69) is 5.32 Å². The number of esters is 4. The summed E-state index contributed by atoms with van der Waals surface area (Å²) in [6.45, 7) is 7.98. The minimum absolute atomic E-state index is 0.0255. The molecule has 12 heteroatoms. The molecule has 1 aliphatic heterocycles. The van der Waals surface area contributed by atoms with Gasteiger partial charge in [0.2, 0.25) is 5.91 Å². The largest absolute Gasteiger partial charge is 0.463 e. The third kappa shape index (κ3) is 11.0. The first kappa shape index (κ1) is 31.7. The third-order valence-corrected chi connectivity index (χ3v) is 5.68. The van der Waals surface area contributed by atoms with Crippen molar-refractivity contribution in [3.05, 3.63) is 35.9 Å². The van der Waals surface area contributed by atoms with E-state index in [0.29, 0.717) is 0 Å². The molecule has 1 amide bonds. The van der Waals surface area contributed by atoms with Gasteiger partial charge in [0, 0.05) is 34.1 Å². The molecule has 1 aromatic carbocycles. The second kappa shape index (κ2) is 14.6. The third-order valence-electron chi connectivity index (χ3n) is 5.68. The summed E-state index contributed by atoms with van der Waals surface area (Å²) in [7, 11) is 0. The number of ether oxygens (including phenoxy) is 6. The van der Waals surface area contributed by atoms with E-state index >= 15 is 0 Å². The Morgan fingerprint density at radius 1 is 0.872 bits per heavy atom. The highest BCUT2D eigenvalue weighted by molar-refractivity contribution is 5.74. The maximum absolute atomic E-state index is 12.4. The lowest BCUT2D eigenvalue weighted by molar-refractivity contribution is -0.300. The van der Waals surface area contributed by atoms with Crippen LogP contribution < -0.4 is 5.32 Å². The van der Waals surface area contributed by atoms with E-state index in [4.69, 9.17) is 28.4 Å². The molecule has 1 heterocycles. The standard InChI is InChI=1S/C27H37NO11/c1-16(29)28-23-25(37-19(4)32)24(36-18(3)31)21(15-34-17(2)30)38-26(23)39-27(5,6)13-12-22(33)35-14-20-10-8-7-9-11-20/h7-11,21,23-26H,12-15H2,1-6H3,(H,28,29)/t21?,23-,24-,25?,26-/m0/s1. The van der Waals surface area contributed by atoms with Gasteiger partial charge in [-0.1, -0.05) is 30.3 Å². The Hall–Kier alpha value is -3.51. The molecule has 39 heavy (non-hydrogen) atoms. The van der Waals surface area contributed by atoms with Crippen LogP contribution in [-0.4, -0.2) is 72.6 Å². The van der Waals surface area contributed by atoms with Crippen molar-refractivity contribution in [2.45, 2.75) is 97.2 Å². The summed E-state index contributed by atoms with van der Waals surface area (Å²) in [4.78, 5) is 59.8. The van der Waals surface area contributed by atoms with Crippen LogP contribution in [0.15, 0.2) is 30.3 Å². The van der Waals surface area contributed by atoms with Gasteiger partial charge in [0.25, 0.3) is 0 Å². The van der Waals surface area contributed by atoms with E-state index in [0.717, 1.165) is 19.4 Å². The van der Waals surface area contributed by atoms with E-state index in [1.165, 1.54) is 13.8 Å². The topological polar surface area (TPSA) is 153 Å². The van der Waals surface area contributed by atoms with Crippen molar-refractivity contribution in [2.24, 2.45) is 0 Å². The lowest BCUT2D eigenvalue weighted by atomic mass is 9.95. The summed E-state index contributed by atoms with van der Waals surface area (Å²) in [6, 6.07) is 8.15. The Kier molecular flexibility index (Phi) is 11.9. The zero-order valence-electron chi connectivity index (χ0n) is 23.1. The van der Waals surface area contributed by atoms with Crippen molar-refractivity contribution < 1.29 is 52.4 Å². The van der Waals surface area contributed by atoms with Gasteiger partial charge < -0.3 is 33.7 Å². The predicted octanol–water partition coefficient (Wildman–Crippen LogP) is 1.96. The highest BCUT2D eigenvalue weighted by Crippen LogP contribution is 2.31. The van der Waals surface area contributed by atoms with Gasteiger partial charge >= 0.3 is 23.9 Å². The van der Waals surface area contributed by atoms with E-state index in [1.807, 2.05) is 30.3 Å². The number of carbonyl (C=O) groups is 5. The predicted molar refractivity (Wildman–Crippen MR) is 135 cm³/mol. The lowest BCUT2D eigenvalue weighted by Crippen LogP contribution is -2.67. The normalized spacial score (nSPS) is 22.8. The van der Waals surface area contributed by atoms with Gasteiger partial charge in [0.1, 0.15) is 25.4 Å². The first-order valence-electron chi connectivity index (χ1n) is 12.5. The van der Waals surface area contributed by atoms with Crippen LogP contribution in [0.2, 0.25) is 0 Å². The maximum atomic E-state index is 12.4. The van der Waals surface area contributed by atoms with Crippen LogP contribution in [0.4, 0.5) is 0 Å². The molecule has 216 valence electrons. The van der Waals surface area contributed by atoms with Crippen molar-refractivity contribution in [3.8, 4) is 0 Å². The molecule has 0 saturated carbocycles. The van der Waals surface area contributed by atoms with Crippen molar-refractivity contribution in [3.63, 3.8) is 0 Å². The van der Waals surface area contributed by atoms with E-state index < -0.39 is 66.0 Å². The average Bonchev–Trinajstić information content (AvgIpc) is 2.83. The minimum atomic E-state index is -1.24. The number of benzene rings is 1. The van der Waals surface area contributed by atoms with E-state index in [9.17, 15) is 24.0 Å². The fourth-order valence-electron chi connectivity index (χ4n) is 3.98. The number of rotatable bonds is 12. The number of nitrogens with one attached hydrogen (secondary N) is 1. The molecule has 1 aromatic rings. The SMILES string of the molecule is CC(=O)N[C@H]1C(OC(C)=O)[C@@H](OC(C)=O)C(COC(C)=O)O[C@H]1OC(C)(C)CCC(=O)OCc1ccccc1. The van der Waals surface area contributed by atoms with Crippen molar-refractivity contribution in [1.29, 1.82) is 0 Å². The van der Waals surface area contributed by atoms with Crippen LogP contribution in [0.3, 0.4) is 0 Å². The Bertz CT molecular complexity index is 1010. The van der Waals surface area contributed by atoms with Crippen molar-refractivity contribution >= 4 is 29.8 Å². The average molecular weight is 552 g/mol. The molecule has 2 unspecified atom stereocenters. The number of amides is 1. The van der Waals surface area contributed by atoms with Gasteiger partial charge in [-0.05, 0) is 25.8 Å². The van der Waals surface area contributed by atoms with Gasteiger partial charge in [0.15, 0.2) is 18.5 Å². The van der Waals surface area contributed by atoms with Gasteiger partial charge in [0.05, 0.1) is 5.60 Å². The fraction of sp³-hybridized carbons (Fsp3) is 0.593. The summed E-state index contributed by atoms with van der Waals surface area (Å²) < 4.78 is 33.5. The molecule has 12 nitrogen and oxygen atoms in total. The maximum Gasteiger partial charge on any atom is 0.306 e. The summed E-state index contributed by atoms with van der Waals surface area (Å²) in [6.07, 6.45) is -4.55. The van der Waals surface area contributed by atoms with Gasteiger partial charge in [-0.3, -0.25) is 24.0 Å². The highest BCUT2D eigenvalue weighted by atomic mass is 16.7. The molecule has 0 spiro atoms. The van der Waals surface area contributed by atoms with Gasteiger partial charge in [-0.15, -0.1) is 0 Å². The second-order valence-electron chi connectivity index (χ2n) is 9.74. The zero-order chi connectivity index (χ0) is 29.2. The summed E-state index contributed by atoms with van der Waals surface area (Å²) >= 11 is 0. The molecule has 0 aliphatic carbocycles. The number of hydrogen-bond donors (Lipinski definition) is 1. The van der Waals surface area contributed by atoms with Gasteiger partial charge in [-0.25, -0.2) is 0 Å². The first-order valence-corrected chi connectivity index (χ1v) is 12.5. The zero-order valence-corrected chi connectivity index (χ0v) is 23.1. The Morgan fingerprint density at radius 2 is 1.49 bits per heavy atom. The van der Waals surface area contributed by atoms with Crippen molar-refractivity contribution in [1.82, 2.24) is 5.32 Å². The summed E-state index contributed by atoms with van der Waals surface area (Å²) in [5.74, 6) is -2.95. The Morgan fingerprint density at radius 3 is 2.05 bits per heavy atom. The molecule has 5 atom stereocenters. The summed E-state index contributed by atoms with van der Waals surface area (Å²) in [5, 5.41) is 2.65. The molecule has 1 aliphatic rings. The molecule has 0 bridgehead atoms. The van der Waals surface area contributed by atoms with Crippen molar-refractivity contribution in [2.75, 3.05) is 6.61 Å². The molecular weight excluding hydrogens is 514 g/mol. The lowest BCUT2D eigenvalue weighted by Gasteiger charge is -2.46. The van der Waals surface area contributed by atoms with Crippen LogP contribution in [0.5, 0.6) is 0 Å². The first-order chi connectivity index (χ1) is 18.3. The van der Waals surface area contributed by atoms with Crippen LogP contribution in [-0.2, 0) is 59.0 Å². The molecule has 1 fully saturated rings. The minimum Gasteiger partial charge on any atom is -0.463 e. The highest BCUT2D eigenvalue weighted by Gasteiger charge is 2.52. The van der Waals surface area contributed by atoms with Crippen LogP contribution in [0.25, 0.3) is 0 Å². The fourth-order valence-corrected chi connectivity index (χ4v) is 3.98. The van der Waals surface area contributed by atoms with Gasteiger partial charge in [-0.2, -0.15) is 0 Å². The van der Waals surface area contributed by atoms with E-state index in [1.54, 1.807) is 13.8 Å². The summed E-state index contributed by atoms with van der Waals surface area (Å²) in [5.41, 5.74) is -0.137. The molecule has 0 radical (unpaired) electrons. The second-order valence-corrected chi connectivity index (χ2v) is 9.74. The van der Waals surface area contributed by atoms with Crippen LogP contribution in [0.1, 0.15) is 59.9 Å². The molecular formula is C27H37NO11. The van der Waals surface area contributed by atoms with Crippen LogP contribution in [0, 0.1) is 0 Å². The Balaban J connectivity index is 2.21. The van der Waals surface area contributed by atoms with E-state index in [-0.39, 0.29) is 26.1 Å².